The molecule has 0 aliphatic rings. The average Bonchev–Trinajstić information content (AvgIpc) is 3.18. The van der Waals surface area contributed by atoms with Crippen molar-refractivity contribution in [2.75, 3.05) is 7.11 Å². The van der Waals surface area contributed by atoms with Crippen LogP contribution in [0, 0.1) is 6.92 Å². The first-order valence-electron chi connectivity index (χ1n) is 8.13. The molecule has 0 amide bonds. The van der Waals surface area contributed by atoms with Crippen LogP contribution in [-0.4, -0.2) is 16.5 Å². The van der Waals surface area contributed by atoms with Gasteiger partial charge in [0.25, 0.3) is 0 Å². The van der Waals surface area contributed by atoms with Crippen LogP contribution in [0.3, 0.4) is 0 Å². The fraction of sp³-hybridized carbons (Fsp3) is 0.150. The predicted octanol–water partition coefficient (Wildman–Crippen LogP) is 5.61. The van der Waals surface area contributed by atoms with Crippen molar-refractivity contribution in [2.24, 2.45) is 0 Å². The molecule has 2 aromatic heterocycles. The smallest absolute Gasteiger partial charge is 0.194 e. The summed E-state index contributed by atoms with van der Waals surface area (Å²) in [4.78, 5) is 6.91. The van der Waals surface area contributed by atoms with E-state index in [0.717, 1.165) is 21.8 Å². The van der Waals surface area contributed by atoms with Crippen molar-refractivity contribution in [3.8, 4) is 22.8 Å². The highest BCUT2D eigenvalue weighted by molar-refractivity contribution is 7.17. The van der Waals surface area contributed by atoms with Gasteiger partial charge in [-0.25, -0.2) is 4.98 Å². The van der Waals surface area contributed by atoms with Gasteiger partial charge in [0, 0.05) is 27.9 Å². The molecule has 0 saturated heterocycles. The molecule has 4 rings (SSSR count). The molecule has 0 atom stereocenters. The van der Waals surface area contributed by atoms with Gasteiger partial charge in [-0.3, -0.25) is 4.40 Å². The Kier molecular flexibility index (Phi) is 4.57. The van der Waals surface area contributed by atoms with Gasteiger partial charge in [-0.2, -0.15) is 0 Å². The third kappa shape index (κ3) is 3.41. The number of fused-ring (bicyclic) bond motifs is 1. The van der Waals surface area contributed by atoms with Crippen molar-refractivity contribution in [3.05, 3.63) is 70.3 Å². The van der Waals surface area contributed by atoms with E-state index in [2.05, 4.69) is 18.1 Å². The maximum absolute atomic E-state index is 5.91. The first-order valence-corrected chi connectivity index (χ1v) is 9.32. The Hall–Kier alpha value is -2.50. The second-order valence-electron chi connectivity index (χ2n) is 5.94. The monoisotopic (exact) mass is 384 g/mol. The zero-order chi connectivity index (χ0) is 18.1. The Morgan fingerprint density at radius 2 is 1.88 bits per heavy atom. The number of imidazole rings is 1. The minimum absolute atomic E-state index is 0.451. The van der Waals surface area contributed by atoms with Crippen LogP contribution in [0.4, 0.5) is 0 Å². The van der Waals surface area contributed by atoms with E-state index in [9.17, 15) is 0 Å². The second kappa shape index (κ2) is 7.02. The van der Waals surface area contributed by atoms with Gasteiger partial charge in [0.2, 0.25) is 0 Å². The molecule has 4 aromatic rings. The predicted molar refractivity (Wildman–Crippen MR) is 106 cm³/mol. The summed E-state index contributed by atoms with van der Waals surface area (Å²) in [6.07, 6.45) is 4.11. The zero-order valence-electron chi connectivity index (χ0n) is 14.4. The van der Waals surface area contributed by atoms with E-state index in [1.807, 2.05) is 53.1 Å². The molecule has 4 nitrogen and oxygen atoms in total. The number of methoxy groups -OCH3 is 1. The normalized spacial score (nSPS) is 11.0. The maximum atomic E-state index is 5.91. The molecule has 0 saturated carbocycles. The lowest BCUT2D eigenvalue weighted by Gasteiger charge is -2.12. The summed E-state index contributed by atoms with van der Waals surface area (Å²) in [7, 11) is 1.64. The lowest BCUT2D eigenvalue weighted by molar-refractivity contribution is 0.284. The van der Waals surface area contributed by atoms with Gasteiger partial charge in [0.1, 0.15) is 6.61 Å². The van der Waals surface area contributed by atoms with E-state index in [1.54, 1.807) is 18.4 Å². The van der Waals surface area contributed by atoms with Crippen molar-refractivity contribution in [1.82, 2.24) is 9.38 Å². The standard InChI is InChI=1S/C20H17ClN2O2S/c1-13-10-23-11-17(22-20(23)26-13)15-5-8-18(19(9-15)24-2)25-12-14-3-6-16(21)7-4-14/h3-11H,12H2,1-2H3. The molecule has 26 heavy (non-hydrogen) atoms. The van der Waals surface area contributed by atoms with Crippen LogP contribution in [-0.2, 0) is 6.61 Å². The SMILES string of the molecule is COc1cc(-c2cn3cc(C)sc3n2)ccc1OCc1ccc(Cl)cc1. The Balaban J connectivity index is 1.57. The number of benzene rings is 2. The molecule has 0 fully saturated rings. The molecule has 2 aromatic carbocycles. The van der Waals surface area contributed by atoms with Gasteiger partial charge >= 0.3 is 0 Å². The number of aromatic nitrogens is 2. The van der Waals surface area contributed by atoms with Crippen LogP contribution >= 0.6 is 22.9 Å². The number of hydrogen-bond acceptors (Lipinski definition) is 4. The highest BCUT2D eigenvalue weighted by Gasteiger charge is 2.11. The first-order chi connectivity index (χ1) is 12.6. The first kappa shape index (κ1) is 16.9. The van der Waals surface area contributed by atoms with Gasteiger partial charge in [0.15, 0.2) is 16.5 Å². The third-order valence-corrected chi connectivity index (χ3v) is 5.20. The molecule has 0 N–H and O–H groups in total. The zero-order valence-corrected chi connectivity index (χ0v) is 16.0. The summed E-state index contributed by atoms with van der Waals surface area (Å²) >= 11 is 7.59. The van der Waals surface area contributed by atoms with Crippen LogP contribution < -0.4 is 9.47 Å². The largest absolute Gasteiger partial charge is 0.493 e. The summed E-state index contributed by atoms with van der Waals surface area (Å²) in [6.45, 7) is 2.53. The Bertz CT molecular complexity index is 1020. The average molecular weight is 385 g/mol. The fourth-order valence-corrected chi connectivity index (χ4v) is 3.67. The minimum atomic E-state index is 0.451. The lowest BCUT2D eigenvalue weighted by atomic mass is 10.1. The van der Waals surface area contributed by atoms with Crippen molar-refractivity contribution >= 4 is 27.9 Å². The maximum Gasteiger partial charge on any atom is 0.194 e. The van der Waals surface area contributed by atoms with E-state index in [-0.39, 0.29) is 0 Å². The molecule has 0 bridgehead atoms. The quantitative estimate of drug-likeness (QED) is 0.448. The summed E-state index contributed by atoms with van der Waals surface area (Å²) in [5.74, 6) is 1.38. The summed E-state index contributed by atoms with van der Waals surface area (Å²) < 4.78 is 13.5. The van der Waals surface area contributed by atoms with E-state index < -0.39 is 0 Å². The van der Waals surface area contributed by atoms with E-state index in [0.29, 0.717) is 23.1 Å². The lowest BCUT2D eigenvalue weighted by Crippen LogP contribution is -1.98. The van der Waals surface area contributed by atoms with Gasteiger partial charge in [0.05, 0.1) is 12.8 Å². The molecule has 6 heteroatoms. The van der Waals surface area contributed by atoms with E-state index in [4.69, 9.17) is 21.1 Å². The molecule has 132 valence electrons. The van der Waals surface area contributed by atoms with E-state index in [1.165, 1.54) is 4.88 Å². The van der Waals surface area contributed by atoms with Crippen LogP contribution in [0.5, 0.6) is 11.5 Å². The van der Waals surface area contributed by atoms with Crippen molar-refractivity contribution in [3.63, 3.8) is 0 Å². The third-order valence-electron chi connectivity index (χ3n) is 4.04. The Labute approximate surface area is 160 Å². The van der Waals surface area contributed by atoms with Gasteiger partial charge in [-0.15, -0.1) is 11.3 Å². The molecule has 0 spiro atoms. The molecular weight excluding hydrogens is 368 g/mol. The molecular formula is C20H17ClN2O2S. The van der Waals surface area contributed by atoms with Crippen LogP contribution in [0.25, 0.3) is 16.2 Å². The number of thiazole rings is 1. The Morgan fingerprint density at radius 3 is 2.62 bits per heavy atom. The van der Waals surface area contributed by atoms with Crippen LogP contribution in [0.15, 0.2) is 54.9 Å². The number of rotatable bonds is 5. The summed E-state index contributed by atoms with van der Waals surface area (Å²) in [5.41, 5.74) is 2.96. The molecule has 0 radical (unpaired) electrons. The molecule has 2 heterocycles. The van der Waals surface area contributed by atoms with Gasteiger partial charge < -0.3 is 9.47 Å². The van der Waals surface area contributed by atoms with Gasteiger partial charge in [-0.1, -0.05) is 23.7 Å². The van der Waals surface area contributed by atoms with Crippen LogP contribution in [0.1, 0.15) is 10.4 Å². The molecule has 0 aliphatic heterocycles. The van der Waals surface area contributed by atoms with Crippen molar-refractivity contribution < 1.29 is 9.47 Å². The summed E-state index contributed by atoms with van der Waals surface area (Å²) in [6, 6.07) is 13.5. The molecule has 0 aliphatic carbocycles. The highest BCUT2D eigenvalue weighted by Crippen LogP contribution is 2.33. The number of halogens is 1. The second-order valence-corrected chi connectivity index (χ2v) is 7.59. The number of aryl methyl sites for hydroxylation is 1. The minimum Gasteiger partial charge on any atom is -0.493 e. The van der Waals surface area contributed by atoms with E-state index >= 15 is 0 Å². The number of ether oxygens (including phenoxy) is 2. The number of nitrogens with zero attached hydrogens (tertiary/aromatic N) is 2. The topological polar surface area (TPSA) is 35.8 Å². The highest BCUT2D eigenvalue weighted by atomic mass is 35.5. The Morgan fingerprint density at radius 1 is 1.08 bits per heavy atom. The van der Waals surface area contributed by atoms with Crippen LogP contribution in [0.2, 0.25) is 5.02 Å². The fourth-order valence-electron chi connectivity index (χ4n) is 2.74. The van der Waals surface area contributed by atoms with Crippen molar-refractivity contribution in [2.45, 2.75) is 13.5 Å². The number of hydrogen-bond donors (Lipinski definition) is 0. The summed E-state index contributed by atoms with van der Waals surface area (Å²) in [5, 5.41) is 0.714. The van der Waals surface area contributed by atoms with Gasteiger partial charge in [-0.05, 0) is 42.8 Å². The van der Waals surface area contributed by atoms with Crippen molar-refractivity contribution in [1.29, 1.82) is 0 Å². The molecule has 0 unspecified atom stereocenters.